The van der Waals surface area contributed by atoms with Crippen molar-refractivity contribution in [2.24, 2.45) is 0 Å². The van der Waals surface area contributed by atoms with Gasteiger partial charge in [0, 0.05) is 5.39 Å². The molecule has 2 aromatic carbocycles. The largest absolute Gasteiger partial charge is 0.458 e. The van der Waals surface area contributed by atoms with Crippen LogP contribution in [0.25, 0.3) is 21.7 Å². The van der Waals surface area contributed by atoms with Crippen molar-refractivity contribution in [1.29, 1.82) is 0 Å². The SMILES string of the molecule is CCNC(CC)c1cc2cc3ccccc3c(Br)c2o1. The minimum Gasteiger partial charge on any atom is -0.458 e. The van der Waals surface area contributed by atoms with E-state index in [9.17, 15) is 0 Å². The molecule has 1 N–H and O–H groups in total. The van der Waals surface area contributed by atoms with Crippen molar-refractivity contribution in [3.05, 3.63) is 46.6 Å². The van der Waals surface area contributed by atoms with Gasteiger partial charge in [-0.3, -0.25) is 0 Å². The molecular weight excluding hydrogens is 314 g/mol. The lowest BCUT2D eigenvalue weighted by Gasteiger charge is -2.12. The molecule has 1 unspecified atom stereocenters. The van der Waals surface area contributed by atoms with Crippen LogP contribution in [-0.4, -0.2) is 6.54 Å². The van der Waals surface area contributed by atoms with Crippen LogP contribution in [0.4, 0.5) is 0 Å². The Hall–Kier alpha value is -1.32. The van der Waals surface area contributed by atoms with E-state index in [4.69, 9.17) is 4.42 Å². The first-order chi connectivity index (χ1) is 9.74. The summed E-state index contributed by atoms with van der Waals surface area (Å²) < 4.78 is 7.15. The molecule has 0 aliphatic heterocycles. The van der Waals surface area contributed by atoms with Gasteiger partial charge in [0.05, 0.1) is 10.5 Å². The van der Waals surface area contributed by atoms with Gasteiger partial charge in [-0.1, -0.05) is 38.1 Å². The van der Waals surface area contributed by atoms with Gasteiger partial charge in [0.15, 0.2) is 0 Å². The highest BCUT2D eigenvalue weighted by Gasteiger charge is 2.16. The monoisotopic (exact) mass is 331 g/mol. The van der Waals surface area contributed by atoms with Crippen LogP contribution in [0.5, 0.6) is 0 Å². The molecule has 3 rings (SSSR count). The van der Waals surface area contributed by atoms with Crippen LogP contribution >= 0.6 is 15.9 Å². The molecule has 104 valence electrons. The van der Waals surface area contributed by atoms with Crippen molar-refractivity contribution in [2.45, 2.75) is 26.3 Å². The molecule has 0 saturated heterocycles. The fraction of sp³-hybridized carbons (Fsp3) is 0.294. The lowest BCUT2D eigenvalue weighted by atomic mass is 10.1. The second-order valence-corrected chi connectivity index (χ2v) is 5.79. The van der Waals surface area contributed by atoms with Crippen molar-refractivity contribution in [3.8, 4) is 0 Å². The predicted molar refractivity (Wildman–Crippen MR) is 88.1 cm³/mol. The van der Waals surface area contributed by atoms with Gasteiger partial charge in [-0.05, 0) is 51.8 Å². The Morgan fingerprint density at radius 3 is 2.70 bits per heavy atom. The molecule has 0 fully saturated rings. The number of rotatable bonds is 4. The fourth-order valence-electron chi connectivity index (χ4n) is 2.68. The van der Waals surface area contributed by atoms with Gasteiger partial charge in [-0.15, -0.1) is 0 Å². The van der Waals surface area contributed by atoms with Crippen LogP contribution in [0.15, 0.2) is 45.3 Å². The Morgan fingerprint density at radius 1 is 1.15 bits per heavy atom. The highest BCUT2D eigenvalue weighted by atomic mass is 79.9. The lowest BCUT2D eigenvalue weighted by molar-refractivity contribution is 0.428. The first kappa shape index (κ1) is 13.7. The topological polar surface area (TPSA) is 25.2 Å². The molecule has 0 bridgehead atoms. The average Bonchev–Trinajstić information content (AvgIpc) is 2.89. The summed E-state index contributed by atoms with van der Waals surface area (Å²) in [5, 5.41) is 7.04. The Bertz CT molecular complexity index is 747. The standard InChI is InChI=1S/C17H18BrNO/c1-3-14(19-4-2)15-10-12-9-11-7-5-6-8-13(11)16(18)17(12)20-15/h5-10,14,19H,3-4H2,1-2H3. The summed E-state index contributed by atoms with van der Waals surface area (Å²) in [7, 11) is 0. The molecule has 1 aromatic heterocycles. The number of nitrogens with one attached hydrogen (secondary N) is 1. The van der Waals surface area contributed by atoms with E-state index in [1.807, 2.05) is 0 Å². The number of halogens is 1. The molecule has 0 radical (unpaired) electrons. The van der Waals surface area contributed by atoms with Gasteiger partial charge in [0.2, 0.25) is 0 Å². The average molecular weight is 332 g/mol. The zero-order valence-corrected chi connectivity index (χ0v) is 13.3. The van der Waals surface area contributed by atoms with Crippen molar-refractivity contribution in [2.75, 3.05) is 6.54 Å². The van der Waals surface area contributed by atoms with Crippen molar-refractivity contribution in [1.82, 2.24) is 5.32 Å². The first-order valence-electron chi connectivity index (χ1n) is 7.08. The van der Waals surface area contributed by atoms with Gasteiger partial charge >= 0.3 is 0 Å². The molecule has 1 atom stereocenters. The van der Waals surface area contributed by atoms with E-state index in [1.54, 1.807) is 0 Å². The minimum absolute atomic E-state index is 0.280. The van der Waals surface area contributed by atoms with Crippen molar-refractivity contribution >= 4 is 37.7 Å². The smallest absolute Gasteiger partial charge is 0.149 e. The van der Waals surface area contributed by atoms with Crippen molar-refractivity contribution in [3.63, 3.8) is 0 Å². The van der Waals surface area contributed by atoms with Crippen molar-refractivity contribution < 1.29 is 4.42 Å². The summed E-state index contributed by atoms with van der Waals surface area (Å²) in [6.07, 6.45) is 1.02. The van der Waals surface area contributed by atoms with Crippen LogP contribution in [0, 0.1) is 0 Å². The third kappa shape index (κ3) is 2.25. The van der Waals surface area contributed by atoms with Crippen LogP contribution in [0.2, 0.25) is 0 Å². The molecule has 0 saturated carbocycles. The zero-order valence-electron chi connectivity index (χ0n) is 11.7. The second-order valence-electron chi connectivity index (χ2n) is 5.00. The molecular formula is C17H18BrNO. The van der Waals surface area contributed by atoms with Gasteiger partial charge in [0.1, 0.15) is 11.3 Å². The number of hydrogen-bond donors (Lipinski definition) is 1. The summed E-state index contributed by atoms with van der Waals surface area (Å²) in [5.74, 6) is 1.01. The molecule has 0 aliphatic carbocycles. The van der Waals surface area contributed by atoms with E-state index in [-0.39, 0.29) is 6.04 Å². The van der Waals surface area contributed by atoms with E-state index in [0.717, 1.165) is 34.2 Å². The van der Waals surface area contributed by atoms with Crippen LogP contribution in [0.3, 0.4) is 0 Å². The molecule has 20 heavy (non-hydrogen) atoms. The maximum Gasteiger partial charge on any atom is 0.149 e. The van der Waals surface area contributed by atoms with Gasteiger partial charge in [-0.25, -0.2) is 0 Å². The maximum absolute atomic E-state index is 6.10. The van der Waals surface area contributed by atoms with Gasteiger partial charge in [0.25, 0.3) is 0 Å². The summed E-state index contributed by atoms with van der Waals surface area (Å²) in [4.78, 5) is 0. The number of furan rings is 1. The number of hydrogen-bond acceptors (Lipinski definition) is 2. The summed E-state index contributed by atoms with van der Waals surface area (Å²) in [6.45, 7) is 5.24. The molecule has 0 spiro atoms. The maximum atomic E-state index is 6.10. The van der Waals surface area contributed by atoms with Crippen LogP contribution in [0.1, 0.15) is 32.1 Å². The Labute approximate surface area is 127 Å². The first-order valence-corrected chi connectivity index (χ1v) is 7.88. The zero-order chi connectivity index (χ0) is 14.1. The number of benzene rings is 2. The highest BCUT2D eigenvalue weighted by molar-refractivity contribution is 9.10. The molecule has 2 nitrogen and oxygen atoms in total. The Morgan fingerprint density at radius 2 is 1.95 bits per heavy atom. The van der Waals surface area contributed by atoms with E-state index >= 15 is 0 Å². The molecule has 0 aliphatic rings. The Kier molecular flexibility index (Phi) is 3.81. The van der Waals surface area contributed by atoms with Crippen LogP contribution in [-0.2, 0) is 0 Å². The minimum atomic E-state index is 0.280. The molecule has 0 amide bonds. The van der Waals surface area contributed by atoms with E-state index in [2.05, 4.69) is 71.5 Å². The van der Waals surface area contributed by atoms with E-state index in [0.29, 0.717) is 0 Å². The van der Waals surface area contributed by atoms with Crippen LogP contribution < -0.4 is 5.32 Å². The molecule has 1 heterocycles. The second kappa shape index (κ2) is 5.58. The highest BCUT2D eigenvalue weighted by Crippen LogP contribution is 2.36. The normalized spacial score (nSPS) is 13.2. The molecule has 3 aromatic rings. The predicted octanol–water partition coefficient (Wildman–Crippen LogP) is 5.41. The Balaban J connectivity index is 2.19. The van der Waals surface area contributed by atoms with Gasteiger partial charge < -0.3 is 9.73 Å². The summed E-state index contributed by atoms with van der Waals surface area (Å²) >= 11 is 3.69. The van der Waals surface area contributed by atoms with E-state index < -0.39 is 0 Å². The third-order valence-corrected chi connectivity index (χ3v) is 4.48. The third-order valence-electron chi connectivity index (χ3n) is 3.69. The van der Waals surface area contributed by atoms with E-state index in [1.165, 1.54) is 10.8 Å². The summed E-state index contributed by atoms with van der Waals surface area (Å²) in [5.41, 5.74) is 0.940. The summed E-state index contributed by atoms with van der Waals surface area (Å²) in [6, 6.07) is 13.0. The molecule has 3 heteroatoms. The number of fused-ring (bicyclic) bond motifs is 2. The fourth-order valence-corrected chi connectivity index (χ4v) is 3.35. The lowest BCUT2D eigenvalue weighted by Crippen LogP contribution is -2.19. The van der Waals surface area contributed by atoms with Gasteiger partial charge in [-0.2, -0.15) is 0 Å². The quantitative estimate of drug-likeness (QED) is 0.691.